The summed E-state index contributed by atoms with van der Waals surface area (Å²) in [5, 5.41) is 11.0. The second-order valence-corrected chi connectivity index (χ2v) is 9.06. The molecule has 0 radical (unpaired) electrons. The number of hydrogen-bond acceptors (Lipinski definition) is 2. The quantitative estimate of drug-likeness (QED) is 0.715. The molecule has 122 valence electrons. The number of allylic oxidation sites excluding steroid dienone is 1. The van der Waals surface area contributed by atoms with Crippen molar-refractivity contribution in [2.24, 2.45) is 28.6 Å². The molecular weight excluding hydrogens is 296 g/mol. The van der Waals surface area contributed by atoms with Crippen LogP contribution >= 0.6 is 11.6 Å². The predicted octanol–water partition coefficient (Wildman–Crippen LogP) is 4.45. The number of ketones is 1. The number of fused-ring (bicyclic) bond motifs is 5. The van der Waals surface area contributed by atoms with E-state index in [0.717, 1.165) is 32.1 Å². The Labute approximate surface area is 138 Å². The van der Waals surface area contributed by atoms with Crippen molar-refractivity contribution < 1.29 is 9.90 Å². The molecule has 0 aliphatic heterocycles. The normalized spacial score (nSPS) is 51.4. The summed E-state index contributed by atoms with van der Waals surface area (Å²) in [4.78, 5) is 12.0. The summed E-state index contributed by atoms with van der Waals surface area (Å²) in [6.45, 7) is 4.68. The molecule has 0 bridgehead atoms. The van der Waals surface area contributed by atoms with Crippen LogP contribution < -0.4 is 0 Å². The fraction of sp³-hybridized carbons (Fsp3) is 0.842. The Morgan fingerprint density at radius 3 is 2.59 bits per heavy atom. The van der Waals surface area contributed by atoms with Gasteiger partial charge in [0.1, 0.15) is 0 Å². The monoisotopic (exact) mass is 322 g/mol. The first-order valence-electron chi connectivity index (χ1n) is 8.98. The molecule has 3 fully saturated rings. The van der Waals surface area contributed by atoms with Crippen LogP contribution in [0.2, 0.25) is 0 Å². The minimum Gasteiger partial charge on any atom is -0.393 e. The zero-order valence-corrected chi connectivity index (χ0v) is 14.5. The van der Waals surface area contributed by atoms with E-state index in [4.69, 9.17) is 11.6 Å². The second kappa shape index (κ2) is 4.83. The van der Waals surface area contributed by atoms with Crippen LogP contribution in [-0.4, -0.2) is 17.0 Å². The molecule has 0 aromatic carbocycles. The molecular formula is C19H27ClO2. The average molecular weight is 323 g/mol. The number of aliphatic hydroxyl groups excluding tert-OH is 1. The van der Waals surface area contributed by atoms with E-state index in [1.165, 1.54) is 18.4 Å². The van der Waals surface area contributed by atoms with Crippen molar-refractivity contribution in [1.82, 2.24) is 0 Å². The lowest BCUT2D eigenvalue weighted by Crippen LogP contribution is -2.51. The fourth-order valence-corrected chi connectivity index (χ4v) is 7.03. The molecule has 0 aromatic heterocycles. The highest BCUT2D eigenvalue weighted by molar-refractivity contribution is 6.43. The Morgan fingerprint density at radius 1 is 1.05 bits per heavy atom. The van der Waals surface area contributed by atoms with Gasteiger partial charge in [-0.1, -0.05) is 25.4 Å². The van der Waals surface area contributed by atoms with E-state index >= 15 is 0 Å². The molecule has 22 heavy (non-hydrogen) atoms. The lowest BCUT2D eigenvalue weighted by atomic mass is 9.47. The van der Waals surface area contributed by atoms with Gasteiger partial charge >= 0.3 is 0 Å². The van der Waals surface area contributed by atoms with E-state index < -0.39 is 0 Å². The molecule has 0 aromatic rings. The number of aliphatic hydroxyl groups is 1. The number of halogens is 1. The number of rotatable bonds is 0. The van der Waals surface area contributed by atoms with Crippen molar-refractivity contribution in [2.45, 2.75) is 71.3 Å². The van der Waals surface area contributed by atoms with Crippen molar-refractivity contribution in [3.63, 3.8) is 0 Å². The molecule has 2 nitrogen and oxygen atoms in total. The molecule has 3 heteroatoms. The van der Waals surface area contributed by atoms with E-state index in [1.54, 1.807) is 0 Å². The summed E-state index contributed by atoms with van der Waals surface area (Å²) >= 11 is 6.41. The first kappa shape index (κ1) is 15.2. The highest BCUT2D eigenvalue weighted by atomic mass is 35.5. The van der Waals surface area contributed by atoms with E-state index in [9.17, 15) is 9.90 Å². The maximum atomic E-state index is 12.0. The standard InChI is InChI=1S/C19H27ClO2/c1-18-10-8-15(21)17(20)14(18)4-3-11-12-5-6-16(22)19(12,2)9-7-13(11)18/h11-13,16,22H,3-10H2,1-2H3/t11?,12?,13?,16?,18-,19+/m1/s1. The van der Waals surface area contributed by atoms with Gasteiger partial charge in [0.25, 0.3) is 0 Å². The number of Topliss-reactive ketones (excluding diaryl/α,β-unsaturated/α-hetero) is 1. The SMILES string of the molecule is C[C@]12CCC3C(CCC4=C(Cl)C(=O)CC[C@@]43C)C1CCC2O. The number of hydrogen-bond donors (Lipinski definition) is 1. The van der Waals surface area contributed by atoms with Gasteiger partial charge in [-0.2, -0.15) is 0 Å². The third-order valence-corrected chi connectivity index (χ3v) is 8.44. The highest BCUT2D eigenvalue weighted by Crippen LogP contribution is 2.65. The van der Waals surface area contributed by atoms with Crippen LogP contribution in [0.15, 0.2) is 10.6 Å². The summed E-state index contributed by atoms with van der Waals surface area (Å²) in [5.74, 6) is 2.18. The van der Waals surface area contributed by atoms with E-state index in [2.05, 4.69) is 13.8 Å². The molecule has 0 amide bonds. The smallest absolute Gasteiger partial charge is 0.174 e. The van der Waals surface area contributed by atoms with Crippen LogP contribution in [0.5, 0.6) is 0 Å². The van der Waals surface area contributed by atoms with E-state index in [0.29, 0.717) is 29.2 Å². The van der Waals surface area contributed by atoms with Crippen molar-refractivity contribution in [3.8, 4) is 0 Å². The van der Waals surface area contributed by atoms with Crippen LogP contribution in [-0.2, 0) is 4.79 Å². The summed E-state index contributed by atoms with van der Waals surface area (Å²) in [6.07, 6.45) is 8.11. The van der Waals surface area contributed by atoms with Gasteiger partial charge < -0.3 is 5.11 Å². The number of carbonyl (C=O) groups is 1. The molecule has 4 rings (SSSR count). The largest absolute Gasteiger partial charge is 0.393 e. The number of carbonyl (C=O) groups excluding carboxylic acids is 1. The molecule has 4 aliphatic rings. The van der Waals surface area contributed by atoms with E-state index in [-0.39, 0.29) is 22.7 Å². The lowest BCUT2D eigenvalue weighted by molar-refractivity contribution is -0.118. The first-order chi connectivity index (χ1) is 10.4. The summed E-state index contributed by atoms with van der Waals surface area (Å²) in [7, 11) is 0. The Bertz CT molecular complexity index is 554. The average Bonchev–Trinajstić information content (AvgIpc) is 2.79. The molecule has 0 heterocycles. The molecule has 0 saturated heterocycles. The zero-order valence-electron chi connectivity index (χ0n) is 13.7. The Kier molecular flexibility index (Phi) is 3.34. The van der Waals surface area contributed by atoms with Crippen LogP contribution in [0, 0.1) is 28.6 Å². The Hall–Kier alpha value is -0.340. The molecule has 3 saturated carbocycles. The van der Waals surface area contributed by atoms with Gasteiger partial charge in [0.2, 0.25) is 0 Å². The van der Waals surface area contributed by atoms with Crippen LogP contribution in [0.1, 0.15) is 65.2 Å². The minimum absolute atomic E-state index is 0.111. The van der Waals surface area contributed by atoms with Gasteiger partial charge in [0, 0.05) is 6.42 Å². The molecule has 0 spiro atoms. The van der Waals surface area contributed by atoms with Crippen LogP contribution in [0.4, 0.5) is 0 Å². The van der Waals surface area contributed by atoms with Gasteiger partial charge in [-0.3, -0.25) is 4.79 Å². The predicted molar refractivity (Wildman–Crippen MR) is 87.5 cm³/mol. The van der Waals surface area contributed by atoms with Gasteiger partial charge in [-0.05, 0) is 79.1 Å². The summed E-state index contributed by atoms with van der Waals surface area (Å²) in [6, 6.07) is 0. The lowest BCUT2D eigenvalue weighted by Gasteiger charge is -2.57. The first-order valence-corrected chi connectivity index (χ1v) is 9.36. The van der Waals surface area contributed by atoms with Crippen LogP contribution in [0.25, 0.3) is 0 Å². The maximum Gasteiger partial charge on any atom is 0.174 e. The molecule has 1 N–H and O–H groups in total. The van der Waals surface area contributed by atoms with Crippen molar-refractivity contribution in [2.75, 3.05) is 0 Å². The zero-order chi connectivity index (χ0) is 15.7. The van der Waals surface area contributed by atoms with Gasteiger partial charge in [0.05, 0.1) is 11.1 Å². The third-order valence-electron chi connectivity index (χ3n) is 8.00. The van der Waals surface area contributed by atoms with Gasteiger partial charge in [-0.25, -0.2) is 0 Å². The van der Waals surface area contributed by atoms with Crippen molar-refractivity contribution in [3.05, 3.63) is 10.6 Å². The van der Waals surface area contributed by atoms with Gasteiger partial charge in [0.15, 0.2) is 5.78 Å². The molecule has 6 atom stereocenters. The maximum absolute atomic E-state index is 12.0. The van der Waals surface area contributed by atoms with Crippen molar-refractivity contribution >= 4 is 17.4 Å². The Morgan fingerprint density at radius 2 is 1.82 bits per heavy atom. The summed E-state index contributed by atoms with van der Waals surface area (Å²) in [5.41, 5.74) is 1.52. The van der Waals surface area contributed by atoms with Crippen LogP contribution in [0.3, 0.4) is 0 Å². The Balaban J connectivity index is 1.72. The third kappa shape index (κ3) is 1.80. The fourth-order valence-electron chi connectivity index (χ4n) is 6.62. The topological polar surface area (TPSA) is 37.3 Å². The minimum atomic E-state index is -0.111. The van der Waals surface area contributed by atoms with E-state index in [1.807, 2.05) is 0 Å². The highest BCUT2D eigenvalue weighted by Gasteiger charge is 2.59. The van der Waals surface area contributed by atoms with Crippen molar-refractivity contribution in [1.29, 1.82) is 0 Å². The summed E-state index contributed by atoms with van der Waals surface area (Å²) < 4.78 is 0. The molecule has 4 aliphatic carbocycles. The van der Waals surface area contributed by atoms with Gasteiger partial charge in [-0.15, -0.1) is 0 Å². The second-order valence-electron chi connectivity index (χ2n) is 8.69. The molecule has 4 unspecified atom stereocenters.